The van der Waals surface area contributed by atoms with Gasteiger partial charge >= 0.3 is 11.7 Å². The maximum absolute atomic E-state index is 12.0. The minimum Gasteiger partial charge on any atom is -0.494 e. The zero-order valence-corrected chi connectivity index (χ0v) is 14.0. The number of rotatable bonds is 5. The summed E-state index contributed by atoms with van der Waals surface area (Å²) in [4.78, 5) is 41.3. The van der Waals surface area contributed by atoms with Crippen molar-refractivity contribution in [2.24, 2.45) is 4.99 Å². The lowest BCUT2D eigenvalue weighted by Gasteiger charge is -2.09. The number of hydrogen-bond acceptors (Lipinski definition) is 5. The second kappa shape index (κ2) is 7.52. The van der Waals surface area contributed by atoms with E-state index in [1.54, 1.807) is 30.3 Å². The van der Waals surface area contributed by atoms with E-state index in [9.17, 15) is 19.5 Å². The summed E-state index contributed by atoms with van der Waals surface area (Å²) in [5.41, 5.74) is -0.650. The van der Waals surface area contributed by atoms with Crippen LogP contribution >= 0.6 is 0 Å². The second-order valence-electron chi connectivity index (χ2n) is 5.68. The van der Waals surface area contributed by atoms with Gasteiger partial charge in [-0.15, -0.1) is 0 Å². The SMILES string of the molecule is O=C(O)c1cccc(N=Cc2c(O)n(Cc3ccccc3)c(=O)[nH]c2=O)c1. The highest BCUT2D eigenvalue weighted by atomic mass is 16.4. The van der Waals surface area contributed by atoms with Crippen molar-refractivity contribution in [2.75, 3.05) is 0 Å². The third-order valence-electron chi connectivity index (χ3n) is 3.83. The molecule has 0 bridgehead atoms. The van der Waals surface area contributed by atoms with Gasteiger partial charge in [-0.1, -0.05) is 36.4 Å². The fraction of sp³-hybridized carbons (Fsp3) is 0.0526. The molecule has 0 aliphatic rings. The van der Waals surface area contributed by atoms with Crippen LogP contribution < -0.4 is 11.2 Å². The van der Waals surface area contributed by atoms with Gasteiger partial charge in [0.15, 0.2) is 0 Å². The molecule has 8 heteroatoms. The third kappa shape index (κ3) is 4.01. The Morgan fingerprint density at radius 2 is 1.85 bits per heavy atom. The fourth-order valence-electron chi connectivity index (χ4n) is 2.46. The Labute approximate surface area is 152 Å². The molecule has 3 aromatic rings. The number of aromatic amines is 1. The summed E-state index contributed by atoms with van der Waals surface area (Å²) >= 11 is 0. The van der Waals surface area contributed by atoms with Crippen molar-refractivity contribution in [3.8, 4) is 5.88 Å². The Morgan fingerprint density at radius 1 is 1.11 bits per heavy atom. The van der Waals surface area contributed by atoms with E-state index in [1.165, 1.54) is 18.2 Å². The molecule has 0 fully saturated rings. The average Bonchev–Trinajstić information content (AvgIpc) is 2.66. The lowest BCUT2D eigenvalue weighted by Crippen LogP contribution is -2.32. The van der Waals surface area contributed by atoms with Crippen molar-refractivity contribution in [1.29, 1.82) is 0 Å². The number of aliphatic imine (C=N–C) groups is 1. The van der Waals surface area contributed by atoms with Crippen molar-refractivity contribution in [3.63, 3.8) is 0 Å². The van der Waals surface area contributed by atoms with Gasteiger partial charge in [0.1, 0.15) is 5.56 Å². The van der Waals surface area contributed by atoms with E-state index in [1.807, 2.05) is 6.07 Å². The Kier molecular flexibility index (Phi) is 4.98. The third-order valence-corrected chi connectivity index (χ3v) is 3.83. The summed E-state index contributed by atoms with van der Waals surface area (Å²) in [6, 6.07) is 14.8. The topological polar surface area (TPSA) is 125 Å². The molecule has 0 saturated heterocycles. The maximum atomic E-state index is 12.0. The number of hydrogen-bond donors (Lipinski definition) is 3. The molecule has 0 radical (unpaired) electrons. The molecular formula is C19H15N3O5. The van der Waals surface area contributed by atoms with Crippen molar-refractivity contribution >= 4 is 17.9 Å². The quantitative estimate of drug-likeness (QED) is 0.594. The summed E-state index contributed by atoms with van der Waals surface area (Å²) in [6.07, 6.45) is 1.09. The van der Waals surface area contributed by atoms with Crippen LogP contribution in [0.1, 0.15) is 21.5 Å². The first-order valence-corrected chi connectivity index (χ1v) is 7.93. The van der Waals surface area contributed by atoms with Crippen LogP contribution in [0.15, 0.2) is 69.2 Å². The zero-order chi connectivity index (χ0) is 19.4. The van der Waals surface area contributed by atoms with E-state index in [0.29, 0.717) is 0 Å². The zero-order valence-electron chi connectivity index (χ0n) is 14.0. The highest BCUT2D eigenvalue weighted by Crippen LogP contribution is 2.16. The van der Waals surface area contributed by atoms with Crippen LogP contribution in [0.3, 0.4) is 0 Å². The number of aromatic carboxylic acids is 1. The van der Waals surface area contributed by atoms with E-state index in [4.69, 9.17) is 5.11 Å². The molecule has 3 rings (SSSR count). The molecule has 0 unspecified atom stereocenters. The van der Waals surface area contributed by atoms with E-state index in [2.05, 4.69) is 9.98 Å². The summed E-state index contributed by atoms with van der Waals surface area (Å²) in [6.45, 7) is 0.0671. The van der Waals surface area contributed by atoms with E-state index < -0.39 is 23.1 Å². The largest absolute Gasteiger partial charge is 0.494 e. The van der Waals surface area contributed by atoms with Gasteiger partial charge in [-0.25, -0.2) is 9.59 Å². The number of H-pyrrole nitrogens is 1. The van der Waals surface area contributed by atoms with Crippen LogP contribution in [0.2, 0.25) is 0 Å². The summed E-state index contributed by atoms with van der Waals surface area (Å²) in [7, 11) is 0. The molecule has 0 aliphatic carbocycles. The molecule has 0 atom stereocenters. The standard InChI is InChI=1S/C19H15N3O5/c23-16-15(10-20-14-8-4-7-13(9-14)18(25)26)17(24)22(19(27)21-16)11-12-5-2-1-3-6-12/h1-10,24H,11H2,(H,25,26)(H,21,23,27). The van der Waals surface area contributed by atoms with Crippen LogP contribution in [0.4, 0.5) is 5.69 Å². The van der Waals surface area contributed by atoms with Crippen LogP contribution in [0.5, 0.6) is 5.88 Å². The van der Waals surface area contributed by atoms with Gasteiger partial charge in [-0.05, 0) is 23.8 Å². The fourth-order valence-corrected chi connectivity index (χ4v) is 2.46. The predicted molar refractivity (Wildman–Crippen MR) is 99.2 cm³/mol. The van der Waals surface area contributed by atoms with Gasteiger partial charge in [0.25, 0.3) is 5.56 Å². The van der Waals surface area contributed by atoms with Crippen LogP contribution in [0, 0.1) is 0 Å². The number of carboxylic acids is 1. The van der Waals surface area contributed by atoms with Crippen molar-refractivity contribution in [3.05, 3.63) is 92.1 Å². The molecule has 0 spiro atoms. The highest BCUT2D eigenvalue weighted by Gasteiger charge is 2.13. The number of nitrogens with one attached hydrogen (secondary N) is 1. The molecule has 136 valence electrons. The number of carbonyl (C=O) groups is 1. The van der Waals surface area contributed by atoms with Gasteiger partial charge in [-0.3, -0.25) is 19.3 Å². The summed E-state index contributed by atoms with van der Waals surface area (Å²) < 4.78 is 1.02. The van der Waals surface area contributed by atoms with E-state index >= 15 is 0 Å². The monoisotopic (exact) mass is 365 g/mol. The molecule has 0 saturated carbocycles. The Balaban J connectivity index is 2.00. The Morgan fingerprint density at radius 3 is 2.56 bits per heavy atom. The Hall–Kier alpha value is -3.94. The first kappa shape index (κ1) is 17.9. The average molecular weight is 365 g/mol. The van der Waals surface area contributed by atoms with Crippen molar-refractivity contribution in [1.82, 2.24) is 9.55 Å². The lowest BCUT2D eigenvalue weighted by molar-refractivity contribution is 0.0697. The summed E-state index contributed by atoms with van der Waals surface area (Å²) in [5.74, 6) is -1.63. The smallest absolute Gasteiger partial charge is 0.335 e. The minimum absolute atomic E-state index is 0.0387. The molecule has 1 aromatic heterocycles. The lowest BCUT2D eigenvalue weighted by atomic mass is 10.2. The first-order chi connectivity index (χ1) is 13.0. The number of aromatic nitrogens is 2. The minimum atomic E-state index is -1.11. The van der Waals surface area contributed by atoms with Gasteiger partial charge in [0.2, 0.25) is 5.88 Å². The van der Waals surface area contributed by atoms with Crippen LogP contribution in [-0.4, -0.2) is 31.9 Å². The molecular weight excluding hydrogens is 350 g/mol. The molecule has 0 amide bonds. The highest BCUT2D eigenvalue weighted by molar-refractivity contribution is 5.89. The molecule has 2 aromatic carbocycles. The molecule has 27 heavy (non-hydrogen) atoms. The predicted octanol–water partition coefficient (Wildman–Crippen LogP) is 1.74. The van der Waals surface area contributed by atoms with Gasteiger partial charge in [0.05, 0.1) is 17.8 Å². The van der Waals surface area contributed by atoms with Gasteiger partial charge in [0, 0.05) is 6.21 Å². The molecule has 8 nitrogen and oxygen atoms in total. The van der Waals surface area contributed by atoms with E-state index in [-0.39, 0.29) is 23.4 Å². The van der Waals surface area contributed by atoms with Gasteiger partial charge in [-0.2, -0.15) is 0 Å². The summed E-state index contributed by atoms with van der Waals surface area (Å²) in [5, 5.41) is 19.4. The molecule has 0 aliphatic heterocycles. The molecule has 3 N–H and O–H groups in total. The van der Waals surface area contributed by atoms with Crippen LogP contribution in [-0.2, 0) is 6.54 Å². The number of benzene rings is 2. The van der Waals surface area contributed by atoms with Crippen molar-refractivity contribution < 1.29 is 15.0 Å². The number of aromatic hydroxyl groups is 1. The molecule has 1 heterocycles. The second-order valence-corrected chi connectivity index (χ2v) is 5.68. The Bertz CT molecular complexity index is 1130. The number of carboxylic acid groups (broad SMARTS) is 1. The van der Waals surface area contributed by atoms with Crippen molar-refractivity contribution in [2.45, 2.75) is 6.54 Å². The first-order valence-electron chi connectivity index (χ1n) is 7.93. The normalized spacial score (nSPS) is 11.0. The number of nitrogens with zero attached hydrogens (tertiary/aromatic N) is 2. The van der Waals surface area contributed by atoms with Gasteiger partial charge < -0.3 is 10.2 Å². The maximum Gasteiger partial charge on any atom is 0.335 e. The van der Waals surface area contributed by atoms with E-state index in [0.717, 1.165) is 16.3 Å². The van der Waals surface area contributed by atoms with Crippen LogP contribution in [0.25, 0.3) is 0 Å².